The Morgan fingerprint density at radius 1 is 0.943 bits per heavy atom. The first kappa shape index (κ1) is 24.5. The van der Waals surface area contributed by atoms with Crippen LogP contribution in [-0.2, 0) is 23.9 Å². The lowest BCUT2D eigenvalue weighted by Crippen LogP contribution is -2.43. The molecule has 0 fully saturated rings. The van der Waals surface area contributed by atoms with Gasteiger partial charge in [0.1, 0.15) is 11.7 Å². The molecule has 7 nitrogen and oxygen atoms in total. The largest absolute Gasteiger partial charge is 0.497 e. The molecule has 182 valence electrons. The maximum Gasteiger partial charge on any atom is 0.336 e. The van der Waals surface area contributed by atoms with Gasteiger partial charge in [-0.3, -0.25) is 9.59 Å². The van der Waals surface area contributed by atoms with Crippen molar-refractivity contribution in [3.05, 3.63) is 87.2 Å². The van der Waals surface area contributed by atoms with E-state index in [0.29, 0.717) is 45.3 Å². The molecule has 4 rings (SSSR count). The number of halogens is 1. The molecule has 35 heavy (non-hydrogen) atoms. The standard InChI is InChI=1S/C27H26ClNO6/c1-14-21(26(31)34-3)22(16-5-9-17(28)10-6-16)24-20(29-14)13-19(23(25(24)30)27(32)35-4)15-7-11-18(33-2)12-8-15/h5-12,19,22-23,29H,13H2,1-4H3/t19-,22-,23-/m0/s1. The van der Waals surface area contributed by atoms with Crippen LogP contribution < -0.4 is 10.1 Å². The quantitative estimate of drug-likeness (QED) is 0.489. The highest BCUT2D eigenvalue weighted by molar-refractivity contribution is 6.30. The van der Waals surface area contributed by atoms with Gasteiger partial charge < -0.3 is 19.5 Å². The average molecular weight is 496 g/mol. The summed E-state index contributed by atoms with van der Waals surface area (Å²) in [5.74, 6) is -3.13. The van der Waals surface area contributed by atoms with E-state index in [1.54, 1.807) is 50.4 Å². The second kappa shape index (κ2) is 9.96. The minimum absolute atomic E-state index is 0.313. The van der Waals surface area contributed by atoms with Crippen LogP contribution in [0.3, 0.4) is 0 Å². The first-order chi connectivity index (χ1) is 16.8. The number of rotatable bonds is 5. The topological polar surface area (TPSA) is 90.9 Å². The van der Waals surface area contributed by atoms with Gasteiger partial charge in [-0.2, -0.15) is 0 Å². The van der Waals surface area contributed by atoms with E-state index in [1.807, 2.05) is 12.1 Å². The van der Waals surface area contributed by atoms with Gasteiger partial charge in [-0.05, 0) is 48.7 Å². The van der Waals surface area contributed by atoms with E-state index in [9.17, 15) is 14.4 Å². The van der Waals surface area contributed by atoms with E-state index in [-0.39, 0.29) is 5.78 Å². The third-order valence-electron chi connectivity index (χ3n) is 6.63. The minimum atomic E-state index is -1.07. The van der Waals surface area contributed by atoms with Crippen molar-refractivity contribution in [2.24, 2.45) is 5.92 Å². The van der Waals surface area contributed by atoms with Crippen LogP contribution in [0.4, 0.5) is 0 Å². The number of ketones is 1. The van der Waals surface area contributed by atoms with Crippen molar-refractivity contribution in [3.63, 3.8) is 0 Å². The van der Waals surface area contributed by atoms with Crippen LogP contribution in [0.25, 0.3) is 0 Å². The molecule has 0 saturated heterocycles. The van der Waals surface area contributed by atoms with Gasteiger partial charge in [0.2, 0.25) is 0 Å². The van der Waals surface area contributed by atoms with Crippen molar-refractivity contribution in [1.82, 2.24) is 5.32 Å². The predicted octanol–water partition coefficient (Wildman–Crippen LogP) is 4.28. The maximum atomic E-state index is 14.1. The summed E-state index contributed by atoms with van der Waals surface area (Å²) >= 11 is 6.10. The molecule has 0 unspecified atom stereocenters. The van der Waals surface area contributed by atoms with Crippen LogP contribution in [0.5, 0.6) is 5.75 Å². The first-order valence-electron chi connectivity index (χ1n) is 11.1. The Hall–Kier alpha value is -3.58. The van der Waals surface area contributed by atoms with Crippen molar-refractivity contribution in [3.8, 4) is 5.75 Å². The van der Waals surface area contributed by atoms with Crippen molar-refractivity contribution < 1.29 is 28.6 Å². The average Bonchev–Trinajstić information content (AvgIpc) is 2.87. The number of ether oxygens (including phenoxy) is 3. The van der Waals surface area contributed by atoms with Crippen molar-refractivity contribution >= 4 is 29.3 Å². The fourth-order valence-corrected chi connectivity index (χ4v) is 5.09. The van der Waals surface area contributed by atoms with Gasteiger partial charge in [-0.1, -0.05) is 35.9 Å². The lowest BCUT2D eigenvalue weighted by atomic mass is 9.67. The number of Topliss-reactive ketones (excluding diaryl/α,β-unsaturated/α-hetero) is 1. The highest BCUT2D eigenvalue weighted by atomic mass is 35.5. The summed E-state index contributed by atoms with van der Waals surface area (Å²) in [4.78, 5) is 39.9. The Labute approximate surface area is 208 Å². The number of hydrogen-bond donors (Lipinski definition) is 1. The van der Waals surface area contributed by atoms with Crippen LogP contribution >= 0.6 is 11.6 Å². The number of carbonyl (C=O) groups excluding carboxylic acids is 3. The summed E-state index contributed by atoms with van der Waals surface area (Å²) in [6.45, 7) is 1.78. The zero-order valence-electron chi connectivity index (χ0n) is 19.9. The third kappa shape index (κ3) is 4.44. The van der Waals surface area contributed by atoms with Gasteiger partial charge in [0.15, 0.2) is 5.78 Å². The van der Waals surface area contributed by atoms with Crippen LogP contribution in [0, 0.1) is 5.92 Å². The van der Waals surface area contributed by atoms with E-state index in [0.717, 1.165) is 5.56 Å². The summed E-state index contributed by atoms with van der Waals surface area (Å²) < 4.78 is 15.4. The Bertz CT molecular complexity index is 1230. The Kier molecular flexibility index (Phi) is 6.98. The van der Waals surface area contributed by atoms with Gasteiger partial charge in [0.25, 0.3) is 0 Å². The van der Waals surface area contributed by atoms with Crippen molar-refractivity contribution in [1.29, 1.82) is 0 Å². The van der Waals surface area contributed by atoms with Crippen molar-refractivity contribution in [2.45, 2.75) is 25.2 Å². The zero-order valence-corrected chi connectivity index (χ0v) is 20.6. The number of benzene rings is 2. The number of hydrogen-bond acceptors (Lipinski definition) is 7. The monoisotopic (exact) mass is 495 g/mol. The van der Waals surface area contributed by atoms with E-state index in [4.69, 9.17) is 25.8 Å². The molecule has 1 aliphatic heterocycles. The van der Waals surface area contributed by atoms with Crippen LogP contribution in [0.2, 0.25) is 5.02 Å². The molecule has 0 saturated carbocycles. The van der Waals surface area contributed by atoms with Gasteiger partial charge in [0.05, 0.1) is 26.9 Å². The van der Waals surface area contributed by atoms with Gasteiger partial charge >= 0.3 is 11.9 Å². The molecule has 0 spiro atoms. The van der Waals surface area contributed by atoms with Gasteiger partial charge in [0, 0.05) is 33.8 Å². The normalized spacial score (nSPS) is 21.7. The summed E-state index contributed by atoms with van der Waals surface area (Å²) in [5.41, 5.74) is 3.44. The summed E-state index contributed by atoms with van der Waals surface area (Å²) in [5, 5.41) is 3.79. The SMILES string of the molecule is COC(=O)C1=C(C)NC2=C(C(=O)[C@@H](C(=O)OC)[C@H](c3ccc(OC)cc3)C2)[C@H]1c1ccc(Cl)cc1. The molecule has 3 atom stereocenters. The predicted molar refractivity (Wildman–Crippen MR) is 130 cm³/mol. The number of allylic oxidation sites excluding steroid dienone is 3. The lowest BCUT2D eigenvalue weighted by Gasteiger charge is -2.39. The molecule has 1 aliphatic carbocycles. The van der Waals surface area contributed by atoms with Gasteiger partial charge in [-0.15, -0.1) is 0 Å². The van der Waals surface area contributed by atoms with E-state index >= 15 is 0 Å². The number of methoxy groups -OCH3 is 3. The molecule has 2 aliphatic rings. The maximum absolute atomic E-state index is 14.1. The Balaban J connectivity index is 1.88. The molecule has 2 aromatic rings. The molecule has 1 N–H and O–H groups in total. The molecule has 2 aromatic carbocycles. The lowest BCUT2D eigenvalue weighted by molar-refractivity contribution is -0.150. The second-order valence-electron chi connectivity index (χ2n) is 8.48. The fourth-order valence-electron chi connectivity index (χ4n) is 4.97. The summed E-state index contributed by atoms with van der Waals surface area (Å²) in [6, 6.07) is 14.2. The first-order valence-corrected chi connectivity index (χ1v) is 11.5. The van der Waals surface area contributed by atoms with Crippen LogP contribution in [0.15, 0.2) is 71.1 Å². The molecular weight excluding hydrogens is 470 g/mol. The number of esters is 2. The Morgan fingerprint density at radius 3 is 2.14 bits per heavy atom. The van der Waals surface area contributed by atoms with E-state index in [1.165, 1.54) is 14.2 Å². The summed E-state index contributed by atoms with van der Waals surface area (Å²) in [6.07, 6.45) is 0.378. The second-order valence-corrected chi connectivity index (χ2v) is 8.92. The van der Waals surface area contributed by atoms with Crippen LogP contribution in [-0.4, -0.2) is 39.1 Å². The highest BCUT2D eigenvalue weighted by Gasteiger charge is 2.48. The molecule has 0 radical (unpaired) electrons. The van der Waals surface area contributed by atoms with Crippen molar-refractivity contribution in [2.75, 3.05) is 21.3 Å². The third-order valence-corrected chi connectivity index (χ3v) is 6.88. The number of nitrogens with one attached hydrogen (secondary N) is 1. The highest BCUT2D eigenvalue weighted by Crippen LogP contribution is 2.48. The molecule has 0 aromatic heterocycles. The Morgan fingerprint density at radius 2 is 1.57 bits per heavy atom. The fraction of sp³-hybridized carbons (Fsp3) is 0.296. The molecule has 8 heteroatoms. The molecule has 0 amide bonds. The summed E-state index contributed by atoms with van der Waals surface area (Å²) in [7, 11) is 4.14. The van der Waals surface area contributed by atoms with E-state index in [2.05, 4.69) is 5.32 Å². The molecule has 1 heterocycles. The van der Waals surface area contributed by atoms with E-state index < -0.39 is 29.7 Å². The number of carbonyl (C=O) groups is 3. The number of dihydropyridines is 1. The minimum Gasteiger partial charge on any atom is -0.497 e. The molecule has 0 bridgehead atoms. The smallest absolute Gasteiger partial charge is 0.336 e. The van der Waals surface area contributed by atoms with Gasteiger partial charge in [-0.25, -0.2) is 4.79 Å². The van der Waals surface area contributed by atoms with Crippen LogP contribution in [0.1, 0.15) is 36.3 Å². The molecular formula is C27H26ClNO6. The zero-order chi connectivity index (χ0) is 25.3.